The van der Waals surface area contributed by atoms with Crippen LogP contribution in [0.2, 0.25) is 5.15 Å². The molecule has 0 aromatic carbocycles. The molecule has 3 amide bonds. The van der Waals surface area contributed by atoms with Gasteiger partial charge in [0.2, 0.25) is 0 Å². The number of halogens is 1. The van der Waals surface area contributed by atoms with Crippen LogP contribution in [0.3, 0.4) is 0 Å². The SMILES string of the molecule is C=C/C=C(\C=C/NO)CNC(=O)N(Cc1ccsc1)C1CCN(C(C)CCNC(=O)c2c(C)cc(Cl)nc2C)CC1. The fraction of sp³-hybridized carbons (Fsp3) is 0.433. The molecule has 1 unspecified atom stereocenters. The van der Waals surface area contributed by atoms with Gasteiger partial charge in [-0.2, -0.15) is 11.3 Å². The van der Waals surface area contributed by atoms with E-state index in [9.17, 15) is 9.59 Å². The van der Waals surface area contributed by atoms with Crippen LogP contribution in [0, 0.1) is 13.8 Å². The fourth-order valence-corrected chi connectivity index (χ4v) is 6.08. The molecule has 4 N–H and O–H groups in total. The minimum absolute atomic E-state index is 0.114. The Morgan fingerprint density at radius 3 is 2.71 bits per heavy atom. The van der Waals surface area contributed by atoms with Crippen molar-refractivity contribution in [2.24, 2.45) is 0 Å². The van der Waals surface area contributed by atoms with Crippen LogP contribution in [0.5, 0.6) is 0 Å². The third-order valence-electron chi connectivity index (χ3n) is 7.35. The molecule has 2 aromatic heterocycles. The van der Waals surface area contributed by atoms with Gasteiger partial charge in [0.05, 0.1) is 11.3 Å². The minimum atomic E-state index is -0.126. The van der Waals surface area contributed by atoms with Crippen LogP contribution in [-0.2, 0) is 6.54 Å². The number of piperidine rings is 1. The Kier molecular flexibility index (Phi) is 12.9. The summed E-state index contributed by atoms with van der Waals surface area (Å²) in [6, 6.07) is 4.05. The van der Waals surface area contributed by atoms with Gasteiger partial charge in [0.1, 0.15) is 5.15 Å². The van der Waals surface area contributed by atoms with Gasteiger partial charge >= 0.3 is 6.03 Å². The smallest absolute Gasteiger partial charge is 0.318 e. The Hall–Kier alpha value is -3.18. The van der Waals surface area contributed by atoms with Crippen molar-refractivity contribution in [2.75, 3.05) is 26.2 Å². The van der Waals surface area contributed by atoms with Gasteiger partial charge in [-0.15, -0.1) is 0 Å². The summed E-state index contributed by atoms with van der Waals surface area (Å²) < 4.78 is 0. The molecule has 41 heavy (non-hydrogen) atoms. The first-order valence-corrected chi connectivity index (χ1v) is 15.1. The summed E-state index contributed by atoms with van der Waals surface area (Å²) in [5, 5.41) is 19.4. The lowest BCUT2D eigenvalue weighted by molar-refractivity contribution is 0.0905. The van der Waals surface area contributed by atoms with Crippen molar-refractivity contribution in [3.05, 3.63) is 87.0 Å². The van der Waals surface area contributed by atoms with Crippen LogP contribution in [0.25, 0.3) is 0 Å². The molecule has 0 aliphatic carbocycles. The van der Waals surface area contributed by atoms with Gasteiger partial charge in [-0.25, -0.2) is 9.78 Å². The number of pyridine rings is 1. The van der Waals surface area contributed by atoms with E-state index in [1.165, 1.54) is 6.20 Å². The predicted molar refractivity (Wildman–Crippen MR) is 165 cm³/mol. The van der Waals surface area contributed by atoms with Crippen molar-refractivity contribution >= 4 is 34.9 Å². The van der Waals surface area contributed by atoms with Crippen LogP contribution < -0.4 is 16.1 Å². The van der Waals surface area contributed by atoms with Crippen LogP contribution >= 0.6 is 22.9 Å². The summed E-state index contributed by atoms with van der Waals surface area (Å²) in [7, 11) is 0. The molecular formula is C30H41ClN6O3S. The quantitative estimate of drug-likeness (QED) is 0.143. The van der Waals surface area contributed by atoms with E-state index in [1.807, 2.05) is 22.7 Å². The van der Waals surface area contributed by atoms with E-state index in [2.05, 4.69) is 45.5 Å². The fourth-order valence-electron chi connectivity index (χ4n) is 5.13. The van der Waals surface area contributed by atoms with Crippen molar-refractivity contribution in [2.45, 2.75) is 58.7 Å². The molecule has 0 spiro atoms. The van der Waals surface area contributed by atoms with E-state index < -0.39 is 0 Å². The Balaban J connectivity index is 1.53. The number of rotatable bonds is 13. The van der Waals surface area contributed by atoms with Crippen LogP contribution in [0.1, 0.15) is 53.4 Å². The van der Waals surface area contributed by atoms with Crippen molar-refractivity contribution in [1.29, 1.82) is 0 Å². The lowest BCUT2D eigenvalue weighted by Gasteiger charge is -2.40. The van der Waals surface area contributed by atoms with Crippen molar-refractivity contribution in [3.8, 4) is 0 Å². The number of carbonyl (C=O) groups excluding carboxylic acids is 2. The average molecular weight is 601 g/mol. The van der Waals surface area contributed by atoms with Crippen LogP contribution in [-0.4, -0.2) is 70.2 Å². The number of allylic oxidation sites excluding steroid dienone is 2. The highest BCUT2D eigenvalue weighted by molar-refractivity contribution is 7.07. The number of hydrogen-bond acceptors (Lipinski definition) is 7. The van der Waals surface area contributed by atoms with Gasteiger partial charge in [-0.05, 0) is 85.7 Å². The number of nitrogens with one attached hydrogen (secondary N) is 3. The Morgan fingerprint density at radius 2 is 2.07 bits per heavy atom. The first-order valence-electron chi connectivity index (χ1n) is 13.8. The third kappa shape index (κ3) is 9.71. The Labute approximate surface area is 251 Å². The summed E-state index contributed by atoms with van der Waals surface area (Å²) in [4.78, 5) is 34.7. The molecule has 1 atom stereocenters. The zero-order chi connectivity index (χ0) is 29.8. The Bertz CT molecular complexity index is 1200. The summed E-state index contributed by atoms with van der Waals surface area (Å²) >= 11 is 7.63. The highest BCUT2D eigenvalue weighted by Crippen LogP contribution is 2.23. The first kappa shape index (κ1) is 32.3. The average Bonchev–Trinajstić information content (AvgIpc) is 3.46. The van der Waals surface area contributed by atoms with E-state index in [-0.39, 0.29) is 18.0 Å². The normalized spacial score (nSPS) is 15.5. The second kappa shape index (κ2) is 16.3. The Morgan fingerprint density at radius 1 is 1.32 bits per heavy atom. The second-order valence-corrected chi connectivity index (χ2v) is 11.4. The highest BCUT2D eigenvalue weighted by atomic mass is 35.5. The maximum atomic E-state index is 13.4. The monoisotopic (exact) mass is 600 g/mol. The van der Waals surface area contributed by atoms with E-state index in [4.69, 9.17) is 16.8 Å². The molecule has 0 radical (unpaired) electrons. The number of nitrogens with zero attached hydrogens (tertiary/aromatic N) is 3. The lowest BCUT2D eigenvalue weighted by Crippen LogP contribution is -2.52. The summed E-state index contributed by atoms with van der Waals surface area (Å²) in [5.41, 5.74) is 5.93. The van der Waals surface area contributed by atoms with E-state index in [0.717, 1.165) is 49.1 Å². The van der Waals surface area contributed by atoms with Gasteiger partial charge in [0.25, 0.3) is 5.91 Å². The number of hydroxylamine groups is 1. The molecule has 0 bridgehead atoms. The molecule has 1 aliphatic heterocycles. The molecule has 0 saturated carbocycles. The molecule has 222 valence electrons. The largest absolute Gasteiger partial charge is 0.352 e. The van der Waals surface area contributed by atoms with Gasteiger partial charge in [0, 0.05) is 51.0 Å². The number of thiophene rings is 1. The zero-order valence-electron chi connectivity index (χ0n) is 24.0. The van der Waals surface area contributed by atoms with Gasteiger partial charge < -0.3 is 20.4 Å². The molecule has 1 saturated heterocycles. The number of aromatic nitrogens is 1. The number of hydrogen-bond donors (Lipinski definition) is 4. The number of aryl methyl sites for hydroxylation is 2. The van der Waals surface area contributed by atoms with E-state index >= 15 is 0 Å². The minimum Gasteiger partial charge on any atom is -0.352 e. The van der Waals surface area contributed by atoms with Gasteiger partial charge in [-0.3, -0.25) is 15.5 Å². The first-order chi connectivity index (χ1) is 19.7. The summed E-state index contributed by atoms with van der Waals surface area (Å²) in [6.07, 6.45) is 9.06. The number of amides is 3. The maximum absolute atomic E-state index is 13.4. The standard InChI is InChI=1S/C30H41ClN6O3S/c1-5-6-24(8-13-34-40)18-33-30(39)37(19-25-11-16-41-20-25)26-9-14-36(15-10-26)22(3)7-12-32-29(38)28-21(2)17-27(31)35-23(28)4/h5-6,8,11,13,16-17,20,22,26,34,40H,1,7,9-10,12,14-15,18-19H2,2-4H3,(H,32,38)(H,33,39)/b13-8-,24-6+. The van der Waals surface area contributed by atoms with Crippen molar-refractivity contribution in [1.82, 2.24) is 30.9 Å². The molecule has 2 aromatic rings. The maximum Gasteiger partial charge on any atom is 0.318 e. The summed E-state index contributed by atoms with van der Waals surface area (Å²) in [5.74, 6) is -0.126. The zero-order valence-corrected chi connectivity index (χ0v) is 25.6. The third-order valence-corrected chi connectivity index (χ3v) is 8.27. The number of carbonyl (C=O) groups is 2. The van der Waals surface area contributed by atoms with E-state index in [0.29, 0.717) is 42.1 Å². The molecule has 3 heterocycles. The number of urea groups is 1. The molecule has 3 rings (SSSR count). The van der Waals surface area contributed by atoms with Gasteiger partial charge in [0.15, 0.2) is 0 Å². The molecule has 1 aliphatic rings. The van der Waals surface area contributed by atoms with Crippen LogP contribution in [0.15, 0.2) is 59.5 Å². The van der Waals surface area contributed by atoms with Gasteiger partial charge in [-0.1, -0.05) is 30.3 Å². The second-order valence-electron chi connectivity index (χ2n) is 10.2. The highest BCUT2D eigenvalue weighted by Gasteiger charge is 2.30. The predicted octanol–water partition coefficient (Wildman–Crippen LogP) is 5.20. The molecule has 1 fully saturated rings. The topological polar surface area (TPSA) is 110 Å². The van der Waals surface area contributed by atoms with Crippen LogP contribution in [0.4, 0.5) is 4.79 Å². The molecular weight excluding hydrogens is 560 g/mol. The van der Waals surface area contributed by atoms with Crippen molar-refractivity contribution < 1.29 is 14.8 Å². The molecule has 9 nitrogen and oxygen atoms in total. The van der Waals surface area contributed by atoms with E-state index in [1.54, 1.807) is 42.6 Å². The lowest BCUT2D eigenvalue weighted by atomic mass is 10.0. The molecule has 11 heteroatoms. The van der Waals surface area contributed by atoms with Crippen molar-refractivity contribution in [3.63, 3.8) is 0 Å². The summed E-state index contributed by atoms with van der Waals surface area (Å²) in [6.45, 7) is 12.7. The number of likely N-dealkylation sites (tertiary alicyclic amines) is 1.